The molecule has 0 radical (unpaired) electrons. The summed E-state index contributed by atoms with van der Waals surface area (Å²) in [5, 5.41) is 10.8. The Morgan fingerprint density at radius 3 is 2.65 bits per heavy atom. The fourth-order valence-electron chi connectivity index (χ4n) is 4.42. The van der Waals surface area contributed by atoms with Crippen LogP contribution >= 0.6 is 0 Å². The van der Waals surface area contributed by atoms with E-state index in [0.29, 0.717) is 49.8 Å². The third-order valence-corrected chi connectivity index (χ3v) is 6.07. The maximum absolute atomic E-state index is 13.3. The Morgan fingerprint density at radius 2 is 1.97 bits per heavy atom. The molecule has 0 aliphatic carbocycles. The number of ether oxygens (including phenoxy) is 3. The number of methoxy groups -OCH3 is 1. The molecule has 9 heteroatoms. The first-order valence-corrected chi connectivity index (χ1v) is 11.5. The minimum Gasteiger partial charge on any atom is -0.503 e. The van der Waals surface area contributed by atoms with Crippen molar-refractivity contribution < 1.29 is 33.3 Å². The van der Waals surface area contributed by atoms with Gasteiger partial charge in [-0.15, -0.1) is 0 Å². The van der Waals surface area contributed by atoms with Gasteiger partial charge in [0, 0.05) is 26.2 Å². The number of benzene rings is 1. The SMILES string of the molecule is CCOc1ccc([C@H]2C(C(=O)c3ccco3)=C(O)C(=O)N2CCCN2CCOCC2)cc1OC. The van der Waals surface area contributed by atoms with Crippen molar-refractivity contribution in [3.63, 3.8) is 0 Å². The molecule has 1 fully saturated rings. The van der Waals surface area contributed by atoms with Gasteiger partial charge in [0.2, 0.25) is 5.78 Å². The summed E-state index contributed by atoms with van der Waals surface area (Å²) in [5.41, 5.74) is 0.636. The number of aliphatic hydroxyl groups excluding tert-OH is 1. The molecule has 1 atom stereocenters. The summed E-state index contributed by atoms with van der Waals surface area (Å²) < 4.78 is 21.8. The molecule has 0 saturated carbocycles. The molecule has 2 aliphatic heterocycles. The molecule has 0 unspecified atom stereocenters. The predicted octanol–water partition coefficient (Wildman–Crippen LogP) is 2.99. The summed E-state index contributed by atoms with van der Waals surface area (Å²) in [7, 11) is 1.53. The minimum atomic E-state index is -0.778. The number of rotatable bonds is 10. The van der Waals surface area contributed by atoms with Crippen LogP contribution in [0.3, 0.4) is 0 Å². The highest BCUT2D eigenvalue weighted by atomic mass is 16.5. The molecule has 1 aromatic heterocycles. The van der Waals surface area contributed by atoms with Crippen LogP contribution in [0.15, 0.2) is 52.3 Å². The number of furan rings is 1. The number of hydrogen-bond acceptors (Lipinski definition) is 8. The first-order chi connectivity index (χ1) is 16.5. The average Bonchev–Trinajstić information content (AvgIpc) is 3.48. The van der Waals surface area contributed by atoms with Gasteiger partial charge in [-0.25, -0.2) is 0 Å². The van der Waals surface area contributed by atoms with Crippen LogP contribution < -0.4 is 9.47 Å². The number of aliphatic hydroxyl groups is 1. The third kappa shape index (κ3) is 4.80. The van der Waals surface area contributed by atoms with E-state index in [2.05, 4.69) is 4.90 Å². The second-order valence-electron chi connectivity index (χ2n) is 8.12. The normalized spacial score (nSPS) is 19.1. The number of ketones is 1. The second kappa shape index (κ2) is 10.8. The highest BCUT2D eigenvalue weighted by Gasteiger charge is 2.44. The molecule has 3 heterocycles. The second-order valence-corrected chi connectivity index (χ2v) is 8.12. The third-order valence-electron chi connectivity index (χ3n) is 6.07. The molecule has 182 valence electrons. The van der Waals surface area contributed by atoms with Crippen molar-refractivity contribution in [3.8, 4) is 11.5 Å². The summed E-state index contributed by atoms with van der Waals surface area (Å²) in [6, 6.07) is 7.61. The summed E-state index contributed by atoms with van der Waals surface area (Å²) in [6.07, 6.45) is 2.07. The van der Waals surface area contributed by atoms with E-state index in [0.717, 1.165) is 19.6 Å². The quantitative estimate of drug-likeness (QED) is 0.529. The van der Waals surface area contributed by atoms with Gasteiger partial charge >= 0.3 is 0 Å². The molecule has 1 N–H and O–H groups in total. The van der Waals surface area contributed by atoms with Crippen molar-refractivity contribution >= 4 is 11.7 Å². The topological polar surface area (TPSA) is 102 Å². The smallest absolute Gasteiger partial charge is 0.290 e. The summed E-state index contributed by atoms with van der Waals surface area (Å²) >= 11 is 0. The number of hydrogen-bond donors (Lipinski definition) is 1. The van der Waals surface area contributed by atoms with Crippen LogP contribution in [0.1, 0.15) is 35.5 Å². The first kappa shape index (κ1) is 23.8. The van der Waals surface area contributed by atoms with Crippen molar-refractivity contribution in [3.05, 3.63) is 59.3 Å². The Balaban J connectivity index is 1.65. The van der Waals surface area contributed by atoms with E-state index in [1.165, 1.54) is 19.4 Å². The summed E-state index contributed by atoms with van der Waals surface area (Å²) in [4.78, 5) is 30.2. The molecular weight excluding hydrogens is 440 g/mol. The van der Waals surface area contributed by atoms with Gasteiger partial charge in [-0.05, 0) is 43.2 Å². The van der Waals surface area contributed by atoms with Crippen molar-refractivity contribution in [1.29, 1.82) is 0 Å². The van der Waals surface area contributed by atoms with Crippen molar-refractivity contribution in [1.82, 2.24) is 9.80 Å². The molecule has 0 spiro atoms. The number of amides is 1. The number of morpholine rings is 1. The Kier molecular flexibility index (Phi) is 7.54. The lowest BCUT2D eigenvalue weighted by Gasteiger charge is -2.30. The van der Waals surface area contributed by atoms with Crippen molar-refractivity contribution in [2.75, 3.05) is 53.1 Å². The zero-order chi connectivity index (χ0) is 24.1. The number of Topliss-reactive ketones (excluding diaryl/α,β-unsaturated/α-hetero) is 1. The molecule has 2 aliphatic rings. The first-order valence-electron chi connectivity index (χ1n) is 11.5. The van der Waals surface area contributed by atoms with Gasteiger partial charge in [-0.2, -0.15) is 0 Å². The van der Waals surface area contributed by atoms with E-state index in [1.807, 2.05) is 6.92 Å². The van der Waals surface area contributed by atoms with Crippen LogP contribution in [-0.4, -0.2) is 79.7 Å². The van der Waals surface area contributed by atoms with Gasteiger partial charge in [0.1, 0.15) is 0 Å². The predicted molar refractivity (Wildman–Crippen MR) is 123 cm³/mol. The zero-order valence-corrected chi connectivity index (χ0v) is 19.5. The molecule has 9 nitrogen and oxygen atoms in total. The molecule has 34 heavy (non-hydrogen) atoms. The lowest BCUT2D eigenvalue weighted by molar-refractivity contribution is -0.129. The number of nitrogens with zero attached hydrogens (tertiary/aromatic N) is 2. The maximum atomic E-state index is 13.3. The standard InChI is InChI=1S/C25H30N2O7/c1-3-33-18-8-7-17(16-20(18)31-2)22-21(23(28)19-6-4-13-34-19)24(29)25(30)27(22)10-5-9-26-11-14-32-15-12-26/h4,6-8,13,16,22,29H,3,5,9-12,14-15H2,1-2H3/t22-/m0/s1. The molecule has 1 saturated heterocycles. The summed E-state index contributed by atoms with van der Waals surface area (Å²) in [5.74, 6) is -0.544. The Labute approximate surface area is 198 Å². The van der Waals surface area contributed by atoms with Crippen LogP contribution in [0.2, 0.25) is 0 Å². The molecule has 2 aromatic rings. The number of carbonyl (C=O) groups is 2. The van der Waals surface area contributed by atoms with Gasteiger partial charge in [0.25, 0.3) is 5.91 Å². The Hall–Kier alpha value is -3.30. The van der Waals surface area contributed by atoms with Crippen LogP contribution in [0.5, 0.6) is 11.5 Å². The fourth-order valence-corrected chi connectivity index (χ4v) is 4.42. The van der Waals surface area contributed by atoms with Gasteiger partial charge in [0.15, 0.2) is 23.0 Å². The maximum Gasteiger partial charge on any atom is 0.290 e. The molecule has 4 rings (SSSR count). The van der Waals surface area contributed by atoms with Gasteiger partial charge in [-0.3, -0.25) is 14.5 Å². The lowest BCUT2D eigenvalue weighted by atomic mass is 9.94. The van der Waals surface area contributed by atoms with E-state index in [4.69, 9.17) is 18.6 Å². The van der Waals surface area contributed by atoms with E-state index < -0.39 is 23.5 Å². The zero-order valence-electron chi connectivity index (χ0n) is 19.5. The molecule has 1 amide bonds. The number of carbonyl (C=O) groups excluding carboxylic acids is 2. The van der Waals surface area contributed by atoms with Crippen LogP contribution in [-0.2, 0) is 9.53 Å². The minimum absolute atomic E-state index is 0.00228. The van der Waals surface area contributed by atoms with Gasteiger partial charge < -0.3 is 28.6 Å². The average molecular weight is 471 g/mol. The van der Waals surface area contributed by atoms with Crippen LogP contribution in [0.25, 0.3) is 0 Å². The van der Waals surface area contributed by atoms with Crippen molar-refractivity contribution in [2.24, 2.45) is 0 Å². The molecule has 1 aromatic carbocycles. The highest BCUT2D eigenvalue weighted by molar-refractivity contribution is 6.15. The van der Waals surface area contributed by atoms with E-state index in [1.54, 1.807) is 29.2 Å². The molecular formula is C25H30N2O7. The fraction of sp³-hybridized carbons (Fsp3) is 0.440. The van der Waals surface area contributed by atoms with E-state index in [9.17, 15) is 14.7 Å². The van der Waals surface area contributed by atoms with Crippen molar-refractivity contribution in [2.45, 2.75) is 19.4 Å². The Morgan fingerprint density at radius 1 is 1.18 bits per heavy atom. The van der Waals surface area contributed by atoms with E-state index >= 15 is 0 Å². The summed E-state index contributed by atoms with van der Waals surface area (Å²) in [6.45, 7) is 6.58. The van der Waals surface area contributed by atoms with Gasteiger partial charge in [-0.1, -0.05) is 6.07 Å². The highest BCUT2D eigenvalue weighted by Crippen LogP contribution is 2.41. The Bertz CT molecular complexity index is 1040. The van der Waals surface area contributed by atoms with Gasteiger partial charge in [0.05, 0.1) is 44.8 Å². The monoisotopic (exact) mass is 470 g/mol. The van der Waals surface area contributed by atoms with Crippen LogP contribution in [0, 0.1) is 0 Å². The largest absolute Gasteiger partial charge is 0.503 e. The van der Waals surface area contributed by atoms with E-state index in [-0.39, 0.29) is 11.3 Å². The lowest BCUT2D eigenvalue weighted by Crippen LogP contribution is -2.39. The van der Waals surface area contributed by atoms with Crippen LogP contribution in [0.4, 0.5) is 0 Å². The molecule has 0 bridgehead atoms.